The second-order valence-electron chi connectivity index (χ2n) is 14.7. The first-order valence-electron chi connectivity index (χ1n) is 19.2. The average molecular weight is 785 g/mol. The lowest BCUT2D eigenvalue weighted by atomic mass is 9.91. The maximum absolute atomic E-state index is 16.3. The van der Waals surface area contributed by atoms with Crippen LogP contribution in [-0.4, -0.2) is 0 Å². The van der Waals surface area contributed by atoms with Crippen LogP contribution < -0.4 is 9.80 Å². The molecule has 0 N–H and O–H groups in total. The molecule has 274 valence electrons. The average Bonchev–Trinajstić information content (AvgIpc) is 3.84. The second-order valence-corrected chi connectivity index (χ2v) is 16.8. The molecule has 0 saturated carbocycles. The highest BCUT2D eigenvalue weighted by Gasteiger charge is 2.26. The predicted molar refractivity (Wildman–Crippen MR) is 245 cm³/mol. The Morgan fingerprint density at radius 2 is 0.655 bits per heavy atom. The first-order chi connectivity index (χ1) is 28.6. The van der Waals surface area contributed by atoms with Gasteiger partial charge in [-0.3, -0.25) is 0 Å². The molecule has 12 aromatic rings. The van der Waals surface area contributed by atoms with E-state index in [4.69, 9.17) is 0 Å². The summed E-state index contributed by atoms with van der Waals surface area (Å²) in [5.74, 6) is -0.606. The van der Waals surface area contributed by atoms with Gasteiger partial charge in [0.25, 0.3) is 0 Å². The van der Waals surface area contributed by atoms with Crippen LogP contribution in [0, 0.1) is 11.6 Å². The van der Waals surface area contributed by atoms with Crippen LogP contribution in [0.1, 0.15) is 0 Å². The van der Waals surface area contributed by atoms with Gasteiger partial charge in [0.2, 0.25) is 0 Å². The van der Waals surface area contributed by atoms with E-state index in [1.165, 1.54) is 21.5 Å². The van der Waals surface area contributed by atoms with E-state index in [1.807, 2.05) is 24.3 Å². The van der Waals surface area contributed by atoms with Crippen molar-refractivity contribution in [2.75, 3.05) is 9.80 Å². The minimum atomic E-state index is -0.303. The van der Waals surface area contributed by atoms with E-state index in [9.17, 15) is 0 Å². The Kier molecular flexibility index (Phi) is 7.37. The van der Waals surface area contributed by atoms with E-state index >= 15 is 8.78 Å². The summed E-state index contributed by atoms with van der Waals surface area (Å²) in [6.45, 7) is 0. The van der Waals surface area contributed by atoms with Crippen molar-refractivity contribution in [1.82, 2.24) is 0 Å². The number of para-hydroxylation sites is 2. The summed E-state index contributed by atoms with van der Waals surface area (Å²) in [7, 11) is 0. The largest absolute Gasteiger partial charge is 0.306 e. The van der Waals surface area contributed by atoms with Gasteiger partial charge in [0.05, 0.1) is 34.1 Å². The van der Waals surface area contributed by atoms with Crippen molar-refractivity contribution < 1.29 is 8.78 Å². The smallest absolute Gasteiger partial charge is 0.147 e. The molecule has 0 aliphatic rings. The molecule has 0 aliphatic carbocycles. The quantitative estimate of drug-likeness (QED) is 0.155. The van der Waals surface area contributed by atoms with Gasteiger partial charge in [0, 0.05) is 51.1 Å². The molecule has 2 aromatic heterocycles. The zero-order chi connectivity index (χ0) is 38.5. The molecule has 2 heterocycles. The zero-order valence-corrected chi connectivity index (χ0v) is 32.4. The van der Waals surface area contributed by atoms with Crippen molar-refractivity contribution in [1.29, 1.82) is 0 Å². The van der Waals surface area contributed by atoms with Crippen molar-refractivity contribution in [3.05, 3.63) is 194 Å². The lowest BCUT2D eigenvalue weighted by Gasteiger charge is -2.30. The molecule has 0 aliphatic heterocycles. The molecule has 2 nitrogen and oxygen atoms in total. The maximum atomic E-state index is 16.3. The minimum Gasteiger partial charge on any atom is -0.306 e. The van der Waals surface area contributed by atoms with E-state index in [0.717, 1.165) is 86.0 Å². The van der Waals surface area contributed by atoms with Crippen LogP contribution in [-0.2, 0) is 0 Å². The zero-order valence-electron chi connectivity index (χ0n) is 30.8. The third-order valence-electron chi connectivity index (χ3n) is 11.5. The standard InChI is InChI=1S/C52H30F2N2S2/c53-37-13-3-5-15-41(37)55(43-17-9-21-47-51(43)35-11-1-7-19-45(35)57-47)39-29-25-31-24-28-34-40(30-26-32-23-27-33(39)49(31)50(32)34)56(42-16-6-4-14-38(42)54)44-18-10-22-48-52(44)36-12-2-8-20-46(36)58-48/h1-30H. The fourth-order valence-corrected chi connectivity index (χ4v) is 11.3. The normalized spacial score (nSPS) is 12.0. The van der Waals surface area contributed by atoms with E-state index < -0.39 is 0 Å². The van der Waals surface area contributed by atoms with Crippen LogP contribution in [0.25, 0.3) is 72.7 Å². The Bertz CT molecular complexity index is 3350. The van der Waals surface area contributed by atoms with Gasteiger partial charge in [-0.2, -0.15) is 0 Å². The summed E-state index contributed by atoms with van der Waals surface area (Å²) in [6, 6.07) is 60.8. The van der Waals surface area contributed by atoms with Gasteiger partial charge >= 0.3 is 0 Å². The number of thiophene rings is 2. The molecule has 58 heavy (non-hydrogen) atoms. The summed E-state index contributed by atoms with van der Waals surface area (Å²) in [4.78, 5) is 4.19. The molecule has 0 amide bonds. The van der Waals surface area contributed by atoms with E-state index in [-0.39, 0.29) is 11.6 Å². The molecule has 0 spiro atoms. The van der Waals surface area contributed by atoms with Crippen LogP contribution in [0.2, 0.25) is 0 Å². The van der Waals surface area contributed by atoms with Crippen molar-refractivity contribution in [3.63, 3.8) is 0 Å². The molecule has 10 aromatic carbocycles. The Labute approximate surface area is 340 Å². The van der Waals surface area contributed by atoms with Gasteiger partial charge < -0.3 is 9.80 Å². The molecule has 12 rings (SSSR count). The van der Waals surface area contributed by atoms with Gasteiger partial charge in [-0.1, -0.05) is 109 Å². The van der Waals surface area contributed by atoms with Gasteiger partial charge in [0.1, 0.15) is 11.6 Å². The summed E-state index contributed by atoms with van der Waals surface area (Å²) < 4.78 is 37.2. The monoisotopic (exact) mass is 784 g/mol. The first-order valence-corrected chi connectivity index (χ1v) is 20.9. The lowest BCUT2D eigenvalue weighted by Crippen LogP contribution is -2.13. The molecule has 0 bridgehead atoms. The lowest BCUT2D eigenvalue weighted by molar-refractivity contribution is 0.628. The van der Waals surface area contributed by atoms with Crippen molar-refractivity contribution in [2.24, 2.45) is 0 Å². The molecule has 0 saturated heterocycles. The molecule has 0 radical (unpaired) electrons. The summed E-state index contributed by atoms with van der Waals surface area (Å²) >= 11 is 3.50. The number of hydrogen-bond acceptors (Lipinski definition) is 4. The van der Waals surface area contributed by atoms with Crippen molar-refractivity contribution >= 4 is 129 Å². The van der Waals surface area contributed by atoms with Crippen LogP contribution >= 0.6 is 22.7 Å². The Hall–Kier alpha value is -6.86. The molecular weight excluding hydrogens is 755 g/mol. The Morgan fingerprint density at radius 1 is 0.276 bits per heavy atom. The van der Waals surface area contributed by atoms with E-state index in [1.54, 1.807) is 34.8 Å². The van der Waals surface area contributed by atoms with Crippen molar-refractivity contribution in [3.8, 4) is 0 Å². The molecule has 0 unspecified atom stereocenters. The number of hydrogen-bond donors (Lipinski definition) is 0. The van der Waals surface area contributed by atoms with E-state index in [0.29, 0.717) is 11.4 Å². The molecule has 6 heteroatoms. The molecular formula is C52H30F2N2S2. The van der Waals surface area contributed by atoms with Gasteiger partial charge in [-0.15, -0.1) is 22.7 Å². The first kappa shape index (κ1) is 33.3. The van der Waals surface area contributed by atoms with E-state index in [2.05, 4.69) is 143 Å². The van der Waals surface area contributed by atoms with Crippen LogP contribution in [0.15, 0.2) is 182 Å². The number of benzene rings is 10. The predicted octanol–water partition coefficient (Wildman–Crippen LogP) is 16.5. The number of fused-ring (bicyclic) bond motifs is 6. The Balaban J connectivity index is 1.16. The van der Waals surface area contributed by atoms with Gasteiger partial charge in [-0.05, 0) is 94.3 Å². The third kappa shape index (κ3) is 4.86. The highest BCUT2D eigenvalue weighted by Crippen LogP contribution is 2.52. The van der Waals surface area contributed by atoms with Gasteiger partial charge in [0.15, 0.2) is 0 Å². The second kappa shape index (κ2) is 12.8. The number of rotatable bonds is 6. The number of nitrogens with zero attached hydrogens (tertiary/aromatic N) is 2. The van der Waals surface area contributed by atoms with Crippen LogP contribution in [0.4, 0.5) is 42.9 Å². The number of halogens is 2. The third-order valence-corrected chi connectivity index (χ3v) is 13.8. The Morgan fingerprint density at radius 3 is 1.12 bits per heavy atom. The fourth-order valence-electron chi connectivity index (χ4n) is 9.09. The topological polar surface area (TPSA) is 6.48 Å². The summed E-state index contributed by atoms with van der Waals surface area (Å²) in [6.07, 6.45) is 0. The SMILES string of the molecule is Fc1ccccc1N(c1ccc2ccc3c(N(c4ccccc4F)c4cccc5sc6ccccc6c45)ccc4ccc1c2c43)c1cccc2sc3ccccc3c12. The van der Waals surface area contributed by atoms with Crippen LogP contribution in [0.3, 0.4) is 0 Å². The summed E-state index contributed by atoms with van der Waals surface area (Å²) in [5, 5.41) is 10.8. The minimum absolute atomic E-state index is 0.303. The number of anilines is 6. The van der Waals surface area contributed by atoms with Gasteiger partial charge in [-0.25, -0.2) is 8.78 Å². The van der Waals surface area contributed by atoms with Crippen molar-refractivity contribution in [2.45, 2.75) is 0 Å². The van der Waals surface area contributed by atoms with Crippen LogP contribution in [0.5, 0.6) is 0 Å². The maximum Gasteiger partial charge on any atom is 0.147 e. The summed E-state index contributed by atoms with van der Waals surface area (Å²) in [5.41, 5.74) is 4.53. The molecule has 0 fully saturated rings. The fraction of sp³-hybridized carbons (Fsp3) is 0. The highest BCUT2D eigenvalue weighted by atomic mass is 32.1. The highest BCUT2D eigenvalue weighted by molar-refractivity contribution is 7.26. The molecule has 0 atom stereocenters.